The lowest BCUT2D eigenvalue weighted by molar-refractivity contribution is 0.0991. The Balaban J connectivity index is 2.30. The van der Waals surface area contributed by atoms with Gasteiger partial charge in [-0.2, -0.15) is 0 Å². The minimum Gasteiger partial charge on any atom is -0.385 e. The number of hydrogen-bond donors (Lipinski definition) is 1. The standard InChI is InChI=1S/C13H16ClNO/c1-9(14)13(16)11-5-6-12-10(8-11)4-2-3-7-15-12/h5-6,8-9,15H,2-4,7H2,1H3. The minimum atomic E-state index is -0.447. The van der Waals surface area contributed by atoms with Gasteiger partial charge in [-0.05, 0) is 49.9 Å². The van der Waals surface area contributed by atoms with Crippen molar-refractivity contribution < 1.29 is 4.79 Å². The second kappa shape index (κ2) is 4.88. The van der Waals surface area contributed by atoms with E-state index in [1.54, 1.807) is 6.92 Å². The molecule has 0 bridgehead atoms. The Morgan fingerprint density at radius 3 is 3.00 bits per heavy atom. The Bertz CT molecular complexity index is 401. The molecule has 0 saturated carbocycles. The highest BCUT2D eigenvalue weighted by Gasteiger charge is 2.15. The summed E-state index contributed by atoms with van der Waals surface area (Å²) in [6.45, 7) is 2.74. The third-order valence-electron chi connectivity index (χ3n) is 2.94. The van der Waals surface area contributed by atoms with E-state index in [0.717, 1.165) is 24.2 Å². The van der Waals surface area contributed by atoms with Gasteiger partial charge in [0, 0.05) is 17.8 Å². The van der Waals surface area contributed by atoms with Gasteiger partial charge in [0.15, 0.2) is 5.78 Å². The van der Waals surface area contributed by atoms with Crippen molar-refractivity contribution >= 4 is 23.1 Å². The molecule has 0 saturated heterocycles. The number of ketones is 1. The molecule has 86 valence electrons. The number of fused-ring (bicyclic) bond motifs is 1. The predicted molar refractivity (Wildman–Crippen MR) is 67.5 cm³/mol. The molecule has 3 heteroatoms. The Labute approximate surface area is 101 Å². The number of hydrogen-bond acceptors (Lipinski definition) is 2. The molecule has 1 N–H and O–H groups in total. The topological polar surface area (TPSA) is 29.1 Å². The molecule has 0 spiro atoms. The summed E-state index contributed by atoms with van der Waals surface area (Å²) >= 11 is 5.81. The van der Waals surface area contributed by atoms with E-state index in [4.69, 9.17) is 11.6 Å². The van der Waals surface area contributed by atoms with Crippen LogP contribution in [0.1, 0.15) is 35.7 Å². The Hall–Kier alpha value is -1.02. The monoisotopic (exact) mass is 237 g/mol. The Morgan fingerprint density at radius 2 is 2.25 bits per heavy atom. The quantitative estimate of drug-likeness (QED) is 0.632. The summed E-state index contributed by atoms with van der Waals surface area (Å²) in [6, 6.07) is 5.83. The molecule has 1 atom stereocenters. The van der Waals surface area contributed by atoms with Gasteiger partial charge in [0.1, 0.15) is 0 Å². The van der Waals surface area contributed by atoms with Crippen molar-refractivity contribution in [3.63, 3.8) is 0 Å². The number of carbonyl (C=O) groups is 1. The first-order valence-corrected chi connectivity index (χ1v) is 6.17. The number of alkyl halides is 1. The van der Waals surface area contributed by atoms with Crippen molar-refractivity contribution in [3.05, 3.63) is 29.3 Å². The van der Waals surface area contributed by atoms with Gasteiger partial charge in [-0.3, -0.25) is 4.79 Å². The van der Waals surface area contributed by atoms with E-state index in [1.807, 2.05) is 18.2 Å². The number of halogens is 1. The molecule has 1 unspecified atom stereocenters. The van der Waals surface area contributed by atoms with Crippen molar-refractivity contribution in [2.75, 3.05) is 11.9 Å². The summed E-state index contributed by atoms with van der Waals surface area (Å²) in [5.41, 5.74) is 3.13. The van der Waals surface area contributed by atoms with E-state index < -0.39 is 5.38 Å². The molecule has 0 amide bonds. The number of anilines is 1. The van der Waals surface area contributed by atoms with Gasteiger partial charge in [-0.1, -0.05) is 0 Å². The first-order chi connectivity index (χ1) is 7.68. The van der Waals surface area contributed by atoms with Gasteiger partial charge < -0.3 is 5.32 Å². The lowest BCUT2D eigenvalue weighted by atomic mass is 10.0. The molecule has 2 rings (SSSR count). The number of rotatable bonds is 2. The Morgan fingerprint density at radius 1 is 1.44 bits per heavy atom. The van der Waals surface area contributed by atoms with Crippen LogP contribution in [0.3, 0.4) is 0 Å². The third kappa shape index (κ3) is 2.38. The van der Waals surface area contributed by atoms with Crippen LogP contribution in [0.2, 0.25) is 0 Å². The third-order valence-corrected chi connectivity index (χ3v) is 3.14. The van der Waals surface area contributed by atoms with Crippen LogP contribution in [0.4, 0.5) is 5.69 Å². The molecule has 16 heavy (non-hydrogen) atoms. The van der Waals surface area contributed by atoms with E-state index >= 15 is 0 Å². The summed E-state index contributed by atoms with van der Waals surface area (Å²) < 4.78 is 0. The highest BCUT2D eigenvalue weighted by molar-refractivity contribution is 6.33. The number of aryl methyl sites for hydroxylation is 1. The molecule has 0 aromatic heterocycles. The van der Waals surface area contributed by atoms with Gasteiger partial charge in [0.05, 0.1) is 5.38 Å². The number of nitrogens with one attached hydrogen (secondary N) is 1. The molecule has 1 aliphatic heterocycles. The fraction of sp³-hybridized carbons (Fsp3) is 0.462. The summed E-state index contributed by atoms with van der Waals surface area (Å²) in [5.74, 6) is 0.00807. The molecule has 0 fully saturated rings. The number of benzene rings is 1. The molecular formula is C13H16ClNO. The van der Waals surface area contributed by atoms with Crippen molar-refractivity contribution in [3.8, 4) is 0 Å². The van der Waals surface area contributed by atoms with Gasteiger partial charge in [0.25, 0.3) is 0 Å². The lowest BCUT2D eigenvalue weighted by Crippen LogP contribution is -2.11. The van der Waals surface area contributed by atoms with Gasteiger partial charge in [-0.25, -0.2) is 0 Å². The van der Waals surface area contributed by atoms with Crippen LogP contribution < -0.4 is 5.32 Å². The van der Waals surface area contributed by atoms with Crippen LogP contribution in [0.5, 0.6) is 0 Å². The minimum absolute atomic E-state index is 0.00807. The summed E-state index contributed by atoms with van der Waals surface area (Å²) in [4.78, 5) is 11.8. The second-order valence-corrected chi connectivity index (χ2v) is 4.89. The molecular weight excluding hydrogens is 222 g/mol. The van der Waals surface area contributed by atoms with Crippen molar-refractivity contribution in [2.45, 2.75) is 31.6 Å². The van der Waals surface area contributed by atoms with Gasteiger partial charge >= 0.3 is 0 Å². The maximum atomic E-state index is 11.8. The molecule has 2 nitrogen and oxygen atoms in total. The van der Waals surface area contributed by atoms with Crippen LogP contribution in [0.15, 0.2) is 18.2 Å². The zero-order valence-corrected chi connectivity index (χ0v) is 10.2. The second-order valence-electron chi connectivity index (χ2n) is 4.24. The lowest BCUT2D eigenvalue weighted by Gasteiger charge is -2.10. The van der Waals surface area contributed by atoms with Crippen LogP contribution >= 0.6 is 11.6 Å². The summed E-state index contributed by atoms with van der Waals surface area (Å²) in [7, 11) is 0. The van der Waals surface area contributed by atoms with Gasteiger partial charge in [-0.15, -0.1) is 11.6 Å². The smallest absolute Gasteiger partial charge is 0.180 e. The first kappa shape index (κ1) is 11.5. The summed E-state index contributed by atoms with van der Waals surface area (Å²) in [6.07, 6.45) is 3.40. The van der Waals surface area contributed by atoms with E-state index in [-0.39, 0.29) is 5.78 Å². The maximum absolute atomic E-state index is 11.8. The van der Waals surface area contributed by atoms with E-state index in [0.29, 0.717) is 0 Å². The van der Waals surface area contributed by atoms with E-state index in [9.17, 15) is 4.79 Å². The predicted octanol–water partition coefficient (Wildman–Crippen LogP) is 3.24. The van der Waals surface area contributed by atoms with Gasteiger partial charge in [0.2, 0.25) is 0 Å². The average Bonchev–Trinajstić information content (AvgIpc) is 2.51. The molecule has 1 aliphatic rings. The van der Waals surface area contributed by atoms with E-state index in [1.165, 1.54) is 18.4 Å². The van der Waals surface area contributed by atoms with E-state index in [2.05, 4.69) is 5.32 Å². The molecule has 1 aromatic carbocycles. The number of carbonyl (C=O) groups excluding carboxylic acids is 1. The number of Topliss-reactive ketones (excluding diaryl/α,β-unsaturated/α-hetero) is 1. The van der Waals surface area contributed by atoms with Crippen molar-refractivity contribution in [1.82, 2.24) is 0 Å². The summed E-state index contributed by atoms with van der Waals surface area (Å²) in [5, 5.41) is 2.93. The highest BCUT2D eigenvalue weighted by Crippen LogP contribution is 2.23. The normalized spacial score (nSPS) is 16.9. The fourth-order valence-corrected chi connectivity index (χ4v) is 2.15. The molecule has 0 aliphatic carbocycles. The molecule has 1 aromatic rings. The largest absolute Gasteiger partial charge is 0.385 e. The highest BCUT2D eigenvalue weighted by atomic mass is 35.5. The van der Waals surface area contributed by atoms with Crippen LogP contribution in [-0.2, 0) is 6.42 Å². The average molecular weight is 238 g/mol. The zero-order valence-electron chi connectivity index (χ0n) is 9.42. The first-order valence-electron chi connectivity index (χ1n) is 5.73. The fourth-order valence-electron chi connectivity index (χ4n) is 2.02. The van der Waals surface area contributed by atoms with Crippen LogP contribution in [0.25, 0.3) is 0 Å². The van der Waals surface area contributed by atoms with Crippen LogP contribution in [0, 0.1) is 0 Å². The molecule has 1 heterocycles. The zero-order chi connectivity index (χ0) is 11.5. The van der Waals surface area contributed by atoms with Crippen molar-refractivity contribution in [2.24, 2.45) is 0 Å². The Kier molecular flexibility index (Phi) is 3.49. The SMILES string of the molecule is CC(Cl)C(=O)c1ccc2c(c1)CCCCN2. The maximum Gasteiger partial charge on any atom is 0.180 e. The van der Waals surface area contributed by atoms with Crippen molar-refractivity contribution in [1.29, 1.82) is 0 Å². The molecule has 0 radical (unpaired) electrons. The van der Waals surface area contributed by atoms with Crippen LogP contribution in [-0.4, -0.2) is 17.7 Å².